The summed E-state index contributed by atoms with van der Waals surface area (Å²) in [6, 6.07) is 14.8. The predicted octanol–water partition coefficient (Wildman–Crippen LogP) is 4.58. The van der Waals surface area contributed by atoms with Crippen LogP contribution in [-0.2, 0) is 13.0 Å². The number of piperidine rings is 1. The summed E-state index contributed by atoms with van der Waals surface area (Å²) in [6.07, 6.45) is 5.64. The number of fused-ring (bicyclic) bond motifs is 2. The Bertz CT molecular complexity index is 1260. The molecule has 6 rings (SSSR count). The van der Waals surface area contributed by atoms with Crippen LogP contribution in [0.4, 0.5) is 11.5 Å². The average molecular weight is 537 g/mol. The van der Waals surface area contributed by atoms with Gasteiger partial charge in [0.15, 0.2) is 0 Å². The van der Waals surface area contributed by atoms with Crippen molar-refractivity contribution in [1.29, 1.82) is 0 Å². The van der Waals surface area contributed by atoms with Crippen molar-refractivity contribution >= 4 is 34.7 Å². The van der Waals surface area contributed by atoms with Gasteiger partial charge in [0.2, 0.25) is 0 Å². The van der Waals surface area contributed by atoms with E-state index in [1.807, 2.05) is 0 Å². The Labute approximate surface area is 233 Å². The summed E-state index contributed by atoms with van der Waals surface area (Å²) >= 11 is 0. The number of anilines is 2. The zero-order valence-electron chi connectivity index (χ0n) is 22.9. The second-order valence-electron chi connectivity index (χ2n) is 11.0. The van der Waals surface area contributed by atoms with Crippen molar-refractivity contribution in [1.82, 2.24) is 20.2 Å². The molecule has 3 aliphatic heterocycles. The van der Waals surface area contributed by atoms with E-state index in [0.29, 0.717) is 24.7 Å². The Morgan fingerprint density at radius 3 is 2.50 bits per heavy atom. The van der Waals surface area contributed by atoms with Crippen LogP contribution in [0.3, 0.4) is 0 Å². The number of likely N-dealkylation sites (N-methyl/N-ethyl adjacent to an activating group) is 1. The van der Waals surface area contributed by atoms with Gasteiger partial charge in [0.25, 0.3) is 0 Å². The summed E-state index contributed by atoms with van der Waals surface area (Å²) in [5.41, 5.74) is 5.04. The van der Waals surface area contributed by atoms with Crippen molar-refractivity contribution in [3.8, 4) is 6.01 Å². The summed E-state index contributed by atoms with van der Waals surface area (Å²) in [7, 11) is 4.26. The standard InChI is InChI=1S/C30H40N6O.ClH/c1-21-7-4-8-22-9-5-11-27(28(21)22)36-18-14-25-26(19-36)32-30(37-20-24-10-6-15-34(24)3)33-29(25)35-16-12-23(31-2)13-17-35;/h4-5,7-9,11,23-24,31H,6,10,12-20H2,1-3H3;1H. The number of likely N-dealkylation sites (tertiary alicyclic amines) is 1. The van der Waals surface area contributed by atoms with Crippen molar-refractivity contribution < 1.29 is 4.74 Å². The third-order valence-electron chi connectivity index (χ3n) is 8.73. The fourth-order valence-corrected chi connectivity index (χ4v) is 6.43. The SMILES string of the molecule is CNC1CCN(c2nc(OCC3CCCN3C)nc3c2CCN(c2cccc4cccc(C)c24)C3)CC1.Cl. The zero-order chi connectivity index (χ0) is 25.4. The quantitative estimate of drug-likeness (QED) is 0.494. The molecule has 0 radical (unpaired) electrons. The minimum absolute atomic E-state index is 0. The van der Waals surface area contributed by atoms with Crippen LogP contribution in [0.5, 0.6) is 6.01 Å². The van der Waals surface area contributed by atoms with Crippen LogP contribution in [0, 0.1) is 6.92 Å². The number of nitrogens with zero attached hydrogens (tertiary/aromatic N) is 5. The molecule has 8 heteroatoms. The molecule has 3 aliphatic rings. The number of benzene rings is 2. The third-order valence-corrected chi connectivity index (χ3v) is 8.73. The second kappa shape index (κ2) is 11.6. The molecular weight excluding hydrogens is 496 g/mol. The first-order valence-electron chi connectivity index (χ1n) is 14.0. The molecule has 0 amide bonds. The van der Waals surface area contributed by atoms with E-state index in [1.54, 1.807) is 0 Å². The maximum atomic E-state index is 6.31. The molecule has 2 aromatic carbocycles. The molecule has 0 bridgehead atoms. The van der Waals surface area contributed by atoms with Crippen molar-refractivity contribution in [3.63, 3.8) is 0 Å². The number of aromatic nitrogens is 2. The first kappa shape index (κ1) is 27.0. The lowest BCUT2D eigenvalue weighted by Gasteiger charge is -2.37. The van der Waals surface area contributed by atoms with Gasteiger partial charge in [-0.2, -0.15) is 9.97 Å². The van der Waals surface area contributed by atoms with E-state index >= 15 is 0 Å². The van der Waals surface area contributed by atoms with Gasteiger partial charge in [0.05, 0.1) is 12.2 Å². The van der Waals surface area contributed by atoms with Gasteiger partial charge in [-0.15, -0.1) is 12.4 Å². The fourth-order valence-electron chi connectivity index (χ4n) is 6.43. The highest BCUT2D eigenvalue weighted by atomic mass is 35.5. The van der Waals surface area contributed by atoms with Crippen LogP contribution in [0.15, 0.2) is 36.4 Å². The van der Waals surface area contributed by atoms with Crippen LogP contribution in [-0.4, -0.2) is 73.8 Å². The first-order chi connectivity index (χ1) is 18.1. The lowest BCUT2D eigenvalue weighted by molar-refractivity contribution is 0.187. The number of nitrogens with one attached hydrogen (secondary N) is 1. The van der Waals surface area contributed by atoms with Gasteiger partial charge in [0.1, 0.15) is 12.4 Å². The summed E-state index contributed by atoms with van der Waals surface area (Å²) in [5, 5.41) is 6.09. The molecule has 3 aromatic rings. The highest BCUT2D eigenvalue weighted by Gasteiger charge is 2.29. The van der Waals surface area contributed by atoms with E-state index in [9.17, 15) is 0 Å². The molecule has 1 aromatic heterocycles. The van der Waals surface area contributed by atoms with Gasteiger partial charge in [-0.25, -0.2) is 0 Å². The van der Waals surface area contributed by atoms with Gasteiger partial charge in [-0.05, 0) is 76.7 Å². The Morgan fingerprint density at radius 1 is 0.974 bits per heavy atom. The van der Waals surface area contributed by atoms with Gasteiger partial charge in [-0.1, -0.05) is 30.3 Å². The molecule has 0 saturated carbocycles. The summed E-state index contributed by atoms with van der Waals surface area (Å²) < 4.78 is 6.31. The number of ether oxygens (including phenoxy) is 1. The Balaban J connectivity index is 0.00000294. The third kappa shape index (κ3) is 5.29. The van der Waals surface area contributed by atoms with Crippen LogP contribution < -0.4 is 19.9 Å². The van der Waals surface area contributed by atoms with E-state index < -0.39 is 0 Å². The second-order valence-corrected chi connectivity index (χ2v) is 11.0. The van der Waals surface area contributed by atoms with Crippen LogP contribution >= 0.6 is 12.4 Å². The fraction of sp³-hybridized carbons (Fsp3) is 0.533. The molecule has 4 heterocycles. The van der Waals surface area contributed by atoms with Crippen molar-refractivity contribution in [2.24, 2.45) is 0 Å². The van der Waals surface area contributed by atoms with Gasteiger partial charge in [-0.3, -0.25) is 0 Å². The lowest BCUT2D eigenvalue weighted by atomic mass is 9.99. The topological polar surface area (TPSA) is 56.8 Å². The van der Waals surface area contributed by atoms with E-state index in [0.717, 1.165) is 63.5 Å². The molecule has 204 valence electrons. The minimum atomic E-state index is 0. The number of halogens is 1. The molecule has 1 unspecified atom stereocenters. The smallest absolute Gasteiger partial charge is 0.318 e. The molecule has 2 saturated heterocycles. The van der Waals surface area contributed by atoms with Gasteiger partial charge >= 0.3 is 6.01 Å². The molecule has 0 spiro atoms. The molecular formula is C30H41ClN6O. The normalized spacial score (nSPS) is 20.4. The zero-order valence-corrected chi connectivity index (χ0v) is 23.8. The van der Waals surface area contributed by atoms with Crippen molar-refractivity contribution in [2.75, 3.05) is 56.7 Å². The van der Waals surface area contributed by atoms with Crippen LogP contribution in [0.1, 0.15) is 42.5 Å². The summed E-state index contributed by atoms with van der Waals surface area (Å²) in [4.78, 5) is 17.4. The van der Waals surface area contributed by atoms with E-state index in [4.69, 9.17) is 14.7 Å². The molecule has 0 aliphatic carbocycles. The Hall–Kier alpha value is -2.61. The van der Waals surface area contributed by atoms with Crippen LogP contribution in [0.2, 0.25) is 0 Å². The minimum Gasteiger partial charge on any atom is -0.462 e. The average Bonchev–Trinajstić information content (AvgIpc) is 3.35. The maximum Gasteiger partial charge on any atom is 0.318 e. The summed E-state index contributed by atoms with van der Waals surface area (Å²) in [6.45, 7) is 7.80. The molecule has 38 heavy (non-hydrogen) atoms. The Kier molecular flexibility index (Phi) is 8.26. The Morgan fingerprint density at radius 2 is 1.76 bits per heavy atom. The van der Waals surface area contributed by atoms with E-state index in [1.165, 1.54) is 40.4 Å². The summed E-state index contributed by atoms with van der Waals surface area (Å²) in [5.74, 6) is 1.10. The van der Waals surface area contributed by atoms with Gasteiger partial charge in [0, 0.05) is 48.4 Å². The van der Waals surface area contributed by atoms with E-state index in [2.05, 4.69) is 77.4 Å². The van der Waals surface area contributed by atoms with Crippen molar-refractivity contribution in [3.05, 3.63) is 53.2 Å². The maximum absolute atomic E-state index is 6.31. The first-order valence-corrected chi connectivity index (χ1v) is 14.0. The number of aryl methyl sites for hydroxylation is 1. The number of hydrogen-bond donors (Lipinski definition) is 1. The number of hydrogen-bond acceptors (Lipinski definition) is 7. The number of rotatable bonds is 6. The molecule has 2 fully saturated rings. The highest BCUT2D eigenvalue weighted by Crippen LogP contribution is 2.36. The molecule has 1 N–H and O–H groups in total. The molecule has 7 nitrogen and oxygen atoms in total. The van der Waals surface area contributed by atoms with Crippen LogP contribution in [0.25, 0.3) is 10.8 Å². The van der Waals surface area contributed by atoms with Crippen molar-refractivity contribution in [2.45, 2.75) is 57.7 Å². The monoisotopic (exact) mass is 536 g/mol. The van der Waals surface area contributed by atoms with E-state index in [-0.39, 0.29) is 12.4 Å². The predicted molar refractivity (Wildman–Crippen MR) is 158 cm³/mol. The lowest BCUT2D eigenvalue weighted by Crippen LogP contribution is -2.43. The highest BCUT2D eigenvalue weighted by molar-refractivity contribution is 5.97. The van der Waals surface area contributed by atoms with Gasteiger partial charge < -0.3 is 24.8 Å². The largest absolute Gasteiger partial charge is 0.462 e. The molecule has 1 atom stereocenters.